The molecule has 1 aromatic carbocycles. The second kappa shape index (κ2) is 9.50. The van der Waals surface area contributed by atoms with Gasteiger partial charge in [-0.2, -0.15) is 0 Å². The van der Waals surface area contributed by atoms with Crippen molar-refractivity contribution in [3.63, 3.8) is 0 Å². The summed E-state index contributed by atoms with van der Waals surface area (Å²) in [4.78, 5) is 11.7. The van der Waals surface area contributed by atoms with Gasteiger partial charge in [0, 0.05) is 13.2 Å². The molecule has 1 amide bonds. The zero-order chi connectivity index (χ0) is 14.8. The van der Waals surface area contributed by atoms with E-state index in [0.29, 0.717) is 25.7 Å². The molecule has 20 heavy (non-hydrogen) atoms. The number of ether oxygens (including phenoxy) is 1. The Balaban J connectivity index is 2.03. The lowest BCUT2D eigenvalue weighted by Gasteiger charge is -2.14. The predicted octanol–water partition coefficient (Wildman–Crippen LogP) is 2.08. The van der Waals surface area contributed by atoms with Crippen LogP contribution in [0.15, 0.2) is 30.3 Å². The van der Waals surface area contributed by atoms with E-state index >= 15 is 0 Å². The molecule has 0 spiro atoms. The lowest BCUT2D eigenvalue weighted by Crippen LogP contribution is -2.41. The Morgan fingerprint density at radius 2 is 2.00 bits per heavy atom. The zero-order valence-electron chi connectivity index (χ0n) is 12.5. The van der Waals surface area contributed by atoms with E-state index in [9.17, 15) is 4.79 Å². The van der Waals surface area contributed by atoms with Crippen LogP contribution in [0.2, 0.25) is 0 Å². The summed E-state index contributed by atoms with van der Waals surface area (Å²) in [5.74, 6) is 0.367. The fourth-order valence-corrected chi connectivity index (χ4v) is 1.90. The largest absolute Gasteiger partial charge is 0.377 e. The number of hydrogen-bond acceptors (Lipinski definition) is 3. The summed E-state index contributed by atoms with van der Waals surface area (Å²) in [6.45, 7) is 5.98. The molecule has 4 heteroatoms. The number of carbonyl (C=O) groups excluding carboxylic acids is 1. The van der Waals surface area contributed by atoms with Crippen molar-refractivity contribution >= 4 is 5.91 Å². The van der Waals surface area contributed by atoms with E-state index < -0.39 is 6.04 Å². The molecule has 0 aliphatic heterocycles. The van der Waals surface area contributed by atoms with Crippen LogP contribution in [0.1, 0.15) is 32.3 Å². The highest BCUT2D eigenvalue weighted by molar-refractivity contribution is 5.81. The quantitative estimate of drug-likeness (QED) is 0.680. The Morgan fingerprint density at radius 3 is 2.65 bits per heavy atom. The molecule has 0 fully saturated rings. The van der Waals surface area contributed by atoms with Gasteiger partial charge in [0.2, 0.25) is 5.91 Å². The molecule has 1 aromatic rings. The minimum absolute atomic E-state index is 0.0678. The zero-order valence-corrected chi connectivity index (χ0v) is 12.5. The van der Waals surface area contributed by atoms with Gasteiger partial charge < -0.3 is 15.8 Å². The summed E-state index contributed by atoms with van der Waals surface area (Å²) in [5.41, 5.74) is 6.95. The second-order valence-electron chi connectivity index (χ2n) is 5.42. The van der Waals surface area contributed by atoms with Crippen molar-refractivity contribution in [3.8, 4) is 0 Å². The molecule has 0 aliphatic carbocycles. The van der Waals surface area contributed by atoms with Crippen molar-refractivity contribution in [1.29, 1.82) is 0 Å². The Kier molecular flexibility index (Phi) is 7.92. The van der Waals surface area contributed by atoms with Gasteiger partial charge in [0.25, 0.3) is 0 Å². The van der Waals surface area contributed by atoms with Crippen molar-refractivity contribution in [2.75, 3.05) is 13.2 Å². The van der Waals surface area contributed by atoms with Gasteiger partial charge in [-0.05, 0) is 24.3 Å². The topological polar surface area (TPSA) is 64.4 Å². The van der Waals surface area contributed by atoms with Gasteiger partial charge in [0.05, 0.1) is 12.6 Å². The van der Waals surface area contributed by atoms with Crippen LogP contribution in [0, 0.1) is 5.92 Å². The third kappa shape index (κ3) is 7.26. The molecule has 0 aromatic heterocycles. The molecule has 1 rings (SSSR count). The highest BCUT2D eigenvalue weighted by Crippen LogP contribution is 2.03. The van der Waals surface area contributed by atoms with Crippen molar-refractivity contribution in [2.24, 2.45) is 11.7 Å². The third-order valence-corrected chi connectivity index (χ3v) is 2.94. The smallest absolute Gasteiger partial charge is 0.236 e. The van der Waals surface area contributed by atoms with Gasteiger partial charge in [0.15, 0.2) is 0 Å². The van der Waals surface area contributed by atoms with Crippen LogP contribution >= 0.6 is 0 Å². The van der Waals surface area contributed by atoms with Crippen molar-refractivity contribution in [3.05, 3.63) is 35.9 Å². The van der Waals surface area contributed by atoms with Gasteiger partial charge in [-0.25, -0.2) is 0 Å². The van der Waals surface area contributed by atoms with Crippen molar-refractivity contribution < 1.29 is 9.53 Å². The number of carbonyl (C=O) groups is 1. The first-order valence-electron chi connectivity index (χ1n) is 7.24. The van der Waals surface area contributed by atoms with Crippen LogP contribution < -0.4 is 11.1 Å². The Morgan fingerprint density at radius 1 is 1.30 bits per heavy atom. The first-order chi connectivity index (χ1) is 9.59. The third-order valence-electron chi connectivity index (χ3n) is 2.94. The SMILES string of the molecule is CC(C)CC(N)C(=O)NCCCOCc1ccccc1. The molecule has 3 N–H and O–H groups in total. The summed E-state index contributed by atoms with van der Waals surface area (Å²) in [7, 11) is 0. The van der Waals surface area contributed by atoms with Crippen molar-refractivity contribution in [2.45, 2.75) is 39.3 Å². The van der Waals surface area contributed by atoms with Gasteiger partial charge >= 0.3 is 0 Å². The summed E-state index contributed by atoms with van der Waals surface area (Å²) in [6, 6.07) is 9.64. The van der Waals surface area contributed by atoms with Crippen LogP contribution in [-0.4, -0.2) is 25.1 Å². The standard InChI is InChI=1S/C16H26N2O2/c1-13(2)11-15(17)16(19)18-9-6-10-20-12-14-7-4-3-5-8-14/h3-5,7-8,13,15H,6,9-12,17H2,1-2H3,(H,18,19). The molecule has 0 saturated heterocycles. The summed E-state index contributed by atoms with van der Waals surface area (Å²) in [6.07, 6.45) is 1.52. The Hall–Kier alpha value is -1.39. The molecule has 4 nitrogen and oxygen atoms in total. The van der Waals surface area contributed by atoms with E-state index in [2.05, 4.69) is 19.2 Å². The number of rotatable bonds is 9. The number of nitrogens with one attached hydrogen (secondary N) is 1. The number of benzene rings is 1. The van der Waals surface area contributed by atoms with Crippen LogP contribution in [0.3, 0.4) is 0 Å². The first kappa shape index (κ1) is 16.7. The minimum atomic E-state index is -0.403. The molecule has 1 atom stereocenters. The average molecular weight is 278 g/mol. The maximum absolute atomic E-state index is 11.7. The Labute approximate surface area is 121 Å². The van der Waals surface area contributed by atoms with Gasteiger partial charge in [-0.1, -0.05) is 44.2 Å². The lowest BCUT2D eigenvalue weighted by atomic mass is 10.0. The predicted molar refractivity (Wildman–Crippen MR) is 81.2 cm³/mol. The second-order valence-corrected chi connectivity index (χ2v) is 5.42. The van der Waals surface area contributed by atoms with E-state index in [4.69, 9.17) is 10.5 Å². The molecule has 0 saturated carbocycles. The van der Waals surface area contributed by atoms with Crippen molar-refractivity contribution in [1.82, 2.24) is 5.32 Å². The van der Waals surface area contributed by atoms with Gasteiger partial charge in [0.1, 0.15) is 0 Å². The van der Waals surface area contributed by atoms with Crippen LogP contribution in [0.4, 0.5) is 0 Å². The van der Waals surface area contributed by atoms with E-state index in [1.54, 1.807) is 0 Å². The van der Waals surface area contributed by atoms with Crippen LogP contribution in [0.25, 0.3) is 0 Å². The number of amides is 1. The van der Waals surface area contributed by atoms with Gasteiger partial charge in [-0.3, -0.25) is 4.79 Å². The molecule has 1 unspecified atom stereocenters. The average Bonchev–Trinajstić information content (AvgIpc) is 2.42. The molecular weight excluding hydrogens is 252 g/mol. The molecule has 0 heterocycles. The van der Waals surface area contributed by atoms with E-state index in [-0.39, 0.29) is 5.91 Å². The Bertz CT molecular complexity index is 379. The highest BCUT2D eigenvalue weighted by atomic mass is 16.5. The lowest BCUT2D eigenvalue weighted by molar-refractivity contribution is -0.122. The minimum Gasteiger partial charge on any atom is -0.377 e. The monoisotopic (exact) mass is 278 g/mol. The van der Waals surface area contributed by atoms with E-state index in [1.807, 2.05) is 30.3 Å². The molecular formula is C16H26N2O2. The molecule has 0 radical (unpaired) electrons. The fourth-order valence-electron chi connectivity index (χ4n) is 1.90. The number of nitrogens with two attached hydrogens (primary N) is 1. The van der Waals surface area contributed by atoms with E-state index in [1.165, 1.54) is 0 Å². The normalized spacial score (nSPS) is 12.4. The van der Waals surface area contributed by atoms with Gasteiger partial charge in [-0.15, -0.1) is 0 Å². The fraction of sp³-hybridized carbons (Fsp3) is 0.562. The molecule has 112 valence electrons. The summed E-state index contributed by atoms with van der Waals surface area (Å²) in [5, 5.41) is 2.84. The molecule has 0 aliphatic rings. The summed E-state index contributed by atoms with van der Waals surface area (Å²) >= 11 is 0. The van der Waals surface area contributed by atoms with Crippen LogP contribution in [-0.2, 0) is 16.1 Å². The number of hydrogen-bond donors (Lipinski definition) is 2. The van der Waals surface area contributed by atoms with E-state index in [0.717, 1.165) is 18.4 Å². The maximum atomic E-state index is 11.7. The summed E-state index contributed by atoms with van der Waals surface area (Å²) < 4.78 is 5.54. The maximum Gasteiger partial charge on any atom is 0.236 e. The molecule has 0 bridgehead atoms. The highest BCUT2D eigenvalue weighted by Gasteiger charge is 2.13. The van der Waals surface area contributed by atoms with Crippen LogP contribution in [0.5, 0.6) is 0 Å². The first-order valence-corrected chi connectivity index (χ1v) is 7.24.